The van der Waals surface area contributed by atoms with Crippen molar-refractivity contribution in [1.29, 1.82) is 0 Å². The van der Waals surface area contributed by atoms with Crippen molar-refractivity contribution in [3.8, 4) is 5.75 Å². The molecule has 1 heterocycles. The summed E-state index contributed by atoms with van der Waals surface area (Å²) in [5, 5.41) is 0. The molecule has 1 aromatic rings. The van der Waals surface area contributed by atoms with Crippen LogP contribution in [-0.2, 0) is 6.54 Å². The van der Waals surface area contributed by atoms with Gasteiger partial charge in [-0.2, -0.15) is 0 Å². The lowest BCUT2D eigenvalue weighted by molar-refractivity contribution is 0.116. The second-order valence-corrected chi connectivity index (χ2v) is 5.74. The Balaban J connectivity index is 1.89. The third-order valence-corrected chi connectivity index (χ3v) is 4.76. The van der Waals surface area contributed by atoms with Gasteiger partial charge in [-0.25, -0.2) is 0 Å². The van der Waals surface area contributed by atoms with Crippen LogP contribution in [0.3, 0.4) is 0 Å². The number of hydrogen-bond acceptors (Lipinski definition) is 3. The predicted molar refractivity (Wildman–Crippen MR) is 77.2 cm³/mol. The van der Waals surface area contributed by atoms with E-state index in [0.29, 0.717) is 18.6 Å². The topological polar surface area (TPSA) is 38.5 Å². The largest absolute Gasteiger partial charge is 0.496 e. The fourth-order valence-corrected chi connectivity index (χ4v) is 3.79. The summed E-state index contributed by atoms with van der Waals surface area (Å²) in [6.07, 6.45) is 6.78. The van der Waals surface area contributed by atoms with Crippen molar-refractivity contribution in [1.82, 2.24) is 4.90 Å². The highest BCUT2D eigenvalue weighted by atomic mass is 16.5. The Hall–Kier alpha value is -1.06. The third-order valence-electron chi connectivity index (χ3n) is 4.76. The molecular weight excluding hydrogens is 236 g/mol. The molecule has 1 aliphatic carbocycles. The first-order chi connectivity index (χ1) is 9.35. The van der Waals surface area contributed by atoms with Crippen LogP contribution in [0.5, 0.6) is 5.75 Å². The van der Waals surface area contributed by atoms with Crippen molar-refractivity contribution in [3.63, 3.8) is 0 Å². The van der Waals surface area contributed by atoms with Gasteiger partial charge in [0.25, 0.3) is 0 Å². The fourth-order valence-electron chi connectivity index (χ4n) is 3.79. The molecule has 19 heavy (non-hydrogen) atoms. The minimum atomic E-state index is 0.383. The zero-order valence-electron chi connectivity index (χ0n) is 11.8. The average molecular weight is 260 g/mol. The molecule has 1 unspecified atom stereocenters. The molecule has 1 aliphatic heterocycles. The second-order valence-electron chi connectivity index (χ2n) is 5.74. The number of rotatable bonds is 3. The average Bonchev–Trinajstić information content (AvgIpc) is 2.86. The van der Waals surface area contributed by atoms with Gasteiger partial charge < -0.3 is 10.5 Å². The monoisotopic (exact) mass is 260 g/mol. The standard InChI is InChI=1S/C16H24N2O/c1-19-16-9-5-8-13-14(16)11-18(15(13)10-17)12-6-3-2-4-7-12/h5,8-9,12,15H,2-4,6-7,10-11,17H2,1H3. The van der Waals surface area contributed by atoms with Crippen molar-refractivity contribution in [2.75, 3.05) is 13.7 Å². The maximum absolute atomic E-state index is 6.05. The number of benzene rings is 1. The highest BCUT2D eigenvalue weighted by Gasteiger charge is 2.35. The Kier molecular flexibility index (Phi) is 3.76. The van der Waals surface area contributed by atoms with Gasteiger partial charge in [-0.1, -0.05) is 31.4 Å². The molecule has 3 heteroatoms. The van der Waals surface area contributed by atoms with E-state index in [1.165, 1.54) is 43.2 Å². The maximum Gasteiger partial charge on any atom is 0.123 e. The third kappa shape index (κ3) is 2.26. The summed E-state index contributed by atoms with van der Waals surface area (Å²) >= 11 is 0. The van der Waals surface area contributed by atoms with Gasteiger partial charge in [-0.3, -0.25) is 4.90 Å². The smallest absolute Gasteiger partial charge is 0.123 e. The van der Waals surface area contributed by atoms with E-state index in [4.69, 9.17) is 10.5 Å². The molecular formula is C16H24N2O. The van der Waals surface area contributed by atoms with Crippen LogP contribution in [0.25, 0.3) is 0 Å². The summed E-state index contributed by atoms with van der Waals surface area (Å²) in [7, 11) is 1.76. The van der Waals surface area contributed by atoms with Crippen molar-refractivity contribution in [2.45, 2.75) is 50.7 Å². The Morgan fingerprint density at radius 3 is 2.74 bits per heavy atom. The van der Waals surface area contributed by atoms with E-state index >= 15 is 0 Å². The zero-order chi connectivity index (χ0) is 13.2. The summed E-state index contributed by atoms with van der Waals surface area (Å²) < 4.78 is 5.52. The van der Waals surface area contributed by atoms with Crippen LogP contribution in [0.2, 0.25) is 0 Å². The first-order valence-corrected chi connectivity index (χ1v) is 7.46. The van der Waals surface area contributed by atoms with Crippen LogP contribution in [0.4, 0.5) is 0 Å². The van der Waals surface area contributed by atoms with Crippen LogP contribution in [0, 0.1) is 0 Å². The molecule has 2 aliphatic rings. The quantitative estimate of drug-likeness (QED) is 0.908. The number of nitrogens with two attached hydrogens (primary N) is 1. The van der Waals surface area contributed by atoms with Gasteiger partial charge in [-0.15, -0.1) is 0 Å². The Bertz CT molecular complexity index is 440. The predicted octanol–water partition coefficient (Wildman–Crippen LogP) is 2.84. The van der Waals surface area contributed by atoms with E-state index in [-0.39, 0.29) is 0 Å². The van der Waals surface area contributed by atoms with Crippen LogP contribution < -0.4 is 10.5 Å². The summed E-state index contributed by atoms with van der Waals surface area (Å²) in [6, 6.07) is 7.47. The van der Waals surface area contributed by atoms with Gasteiger partial charge in [0.2, 0.25) is 0 Å². The molecule has 1 saturated carbocycles. The van der Waals surface area contributed by atoms with Gasteiger partial charge in [-0.05, 0) is 24.5 Å². The van der Waals surface area contributed by atoms with Crippen molar-refractivity contribution >= 4 is 0 Å². The number of ether oxygens (including phenoxy) is 1. The molecule has 2 N–H and O–H groups in total. The minimum absolute atomic E-state index is 0.383. The number of nitrogens with zero attached hydrogens (tertiary/aromatic N) is 1. The van der Waals surface area contributed by atoms with E-state index in [0.717, 1.165) is 12.3 Å². The molecule has 3 rings (SSSR count). The van der Waals surface area contributed by atoms with Crippen molar-refractivity contribution in [2.24, 2.45) is 5.73 Å². The Morgan fingerprint density at radius 2 is 2.05 bits per heavy atom. The molecule has 0 spiro atoms. The molecule has 104 valence electrons. The first kappa shape index (κ1) is 12.9. The van der Waals surface area contributed by atoms with E-state index in [1.807, 2.05) is 0 Å². The Morgan fingerprint density at radius 1 is 1.26 bits per heavy atom. The van der Waals surface area contributed by atoms with E-state index < -0.39 is 0 Å². The highest BCUT2D eigenvalue weighted by Crippen LogP contribution is 2.41. The van der Waals surface area contributed by atoms with E-state index in [2.05, 4.69) is 23.1 Å². The molecule has 1 aromatic carbocycles. The van der Waals surface area contributed by atoms with Gasteiger partial charge in [0.05, 0.1) is 7.11 Å². The maximum atomic E-state index is 6.05. The lowest BCUT2D eigenvalue weighted by atomic mass is 9.93. The summed E-state index contributed by atoms with van der Waals surface area (Å²) in [4.78, 5) is 2.62. The molecule has 0 saturated heterocycles. The van der Waals surface area contributed by atoms with Crippen LogP contribution in [-0.4, -0.2) is 24.6 Å². The van der Waals surface area contributed by atoms with Crippen molar-refractivity contribution in [3.05, 3.63) is 29.3 Å². The van der Waals surface area contributed by atoms with Gasteiger partial charge >= 0.3 is 0 Å². The van der Waals surface area contributed by atoms with Crippen LogP contribution in [0.15, 0.2) is 18.2 Å². The SMILES string of the molecule is COc1cccc2c1CN(C1CCCCC1)C2CN. The molecule has 0 radical (unpaired) electrons. The number of methoxy groups -OCH3 is 1. The summed E-state index contributed by atoms with van der Waals surface area (Å²) in [5.74, 6) is 1.02. The lowest BCUT2D eigenvalue weighted by Gasteiger charge is -2.35. The second kappa shape index (κ2) is 5.51. The normalized spacial score (nSPS) is 24.4. The minimum Gasteiger partial charge on any atom is -0.496 e. The lowest BCUT2D eigenvalue weighted by Crippen LogP contribution is -2.38. The van der Waals surface area contributed by atoms with E-state index in [9.17, 15) is 0 Å². The molecule has 3 nitrogen and oxygen atoms in total. The fraction of sp³-hybridized carbons (Fsp3) is 0.625. The Labute approximate surface area is 115 Å². The zero-order valence-corrected chi connectivity index (χ0v) is 11.8. The molecule has 1 atom stereocenters. The van der Waals surface area contributed by atoms with Gasteiger partial charge in [0.15, 0.2) is 0 Å². The number of hydrogen-bond donors (Lipinski definition) is 1. The van der Waals surface area contributed by atoms with Crippen molar-refractivity contribution < 1.29 is 4.74 Å². The van der Waals surface area contributed by atoms with Gasteiger partial charge in [0.1, 0.15) is 5.75 Å². The highest BCUT2D eigenvalue weighted by molar-refractivity contribution is 5.45. The van der Waals surface area contributed by atoms with Gasteiger partial charge in [0, 0.05) is 30.7 Å². The number of fused-ring (bicyclic) bond motifs is 1. The molecule has 0 aromatic heterocycles. The first-order valence-electron chi connectivity index (χ1n) is 7.46. The van der Waals surface area contributed by atoms with Crippen LogP contribution in [0.1, 0.15) is 49.3 Å². The van der Waals surface area contributed by atoms with E-state index in [1.54, 1.807) is 7.11 Å². The summed E-state index contributed by atoms with van der Waals surface area (Å²) in [6.45, 7) is 1.71. The van der Waals surface area contributed by atoms with Crippen LogP contribution >= 0.6 is 0 Å². The molecule has 1 fully saturated rings. The molecule has 0 amide bonds. The molecule has 0 bridgehead atoms. The summed E-state index contributed by atoms with van der Waals surface area (Å²) in [5.41, 5.74) is 8.79.